The summed E-state index contributed by atoms with van der Waals surface area (Å²) in [6.45, 7) is 12.1. The van der Waals surface area contributed by atoms with Crippen LogP contribution in [0.4, 0.5) is 0 Å². The normalized spacial score (nSPS) is 14.9. The van der Waals surface area contributed by atoms with E-state index in [1.807, 2.05) is 0 Å². The predicted octanol–water partition coefficient (Wildman–Crippen LogP) is 4.68. The first-order chi connectivity index (χ1) is 12.3. The van der Waals surface area contributed by atoms with Crippen LogP contribution in [0, 0.1) is 0 Å². The lowest BCUT2D eigenvalue weighted by Gasteiger charge is -2.34. The molecule has 4 nitrogen and oxygen atoms in total. The van der Waals surface area contributed by atoms with E-state index in [4.69, 9.17) is 9.47 Å². The SMILES string of the molecule is CCCCCN1CCN(CCOc2ccc(CCC)cc2OC)CC1.Cl.Cl. The van der Waals surface area contributed by atoms with E-state index in [9.17, 15) is 0 Å². The summed E-state index contributed by atoms with van der Waals surface area (Å²) in [5, 5.41) is 0. The van der Waals surface area contributed by atoms with Crippen molar-refractivity contribution in [2.24, 2.45) is 0 Å². The highest BCUT2D eigenvalue weighted by atomic mass is 35.5. The van der Waals surface area contributed by atoms with Gasteiger partial charge in [-0.25, -0.2) is 0 Å². The van der Waals surface area contributed by atoms with Gasteiger partial charge < -0.3 is 14.4 Å². The fourth-order valence-corrected chi connectivity index (χ4v) is 3.38. The van der Waals surface area contributed by atoms with Gasteiger partial charge in [0, 0.05) is 32.7 Å². The summed E-state index contributed by atoms with van der Waals surface area (Å²) in [4.78, 5) is 5.11. The minimum absolute atomic E-state index is 0. The van der Waals surface area contributed by atoms with Crippen molar-refractivity contribution in [2.75, 3.05) is 53.0 Å². The first kappa shape index (κ1) is 26.3. The molecule has 0 aliphatic carbocycles. The Kier molecular flexibility index (Phi) is 14.9. The topological polar surface area (TPSA) is 24.9 Å². The number of nitrogens with zero attached hydrogens (tertiary/aromatic N) is 2. The predicted molar refractivity (Wildman–Crippen MR) is 119 cm³/mol. The summed E-state index contributed by atoms with van der Waals surface area (Å²) in [5.41, 5.74) is 1.31. The molecule has 1 aromatic carbocycles. The van der Waals surface area contributed by atoms with Crippen molar-refractivity contribution in [3.8, 4) is 11.5 Å². The zero-order valence-corrected chi connectivity index (χ0v) is 18.9. The van der Waals surface area contributed by atoms with Gasteiger partial charge in [0.25, 0.3) is 0 Å². The number of aryl methyl sites for hydroxylation is 1. The molecule has 1 aliphatic rings. The van der Waals surface area contributed by atoms with E-state index < -0.39 is 0 Å². The van der Waals surface area contributed by atoms with Crippen LogP contribution in [0.25, 0.3) is 0 Å². The molecule has 0 saturated carbocycles. The maximum atomic E-state index is 5.99. The van der Waals surface area contributed by atoms with Gasteiger partial charge in [0.2, 0.25) is 0 Å². The first-order valence-corrected chi connectivity index (χ1v) is 10.0. The maximum Gasteiger partial charge on any atom is 0.161 e. The molecule has 0 unspecified atom stereocenters. The summed E-state index contributed by atoms with van der Waals surface area (Å²) < 4.78 is 11.5. The van der Waals surface area contributed by atoms with Gasteiger partial charge >= 0.3 is 0 Å². The van der Waals surface area contributed by atoms with Crippen molar-refractivity contribution >= 4 is 24.8 Å². The Morgan fingerprint density at radius 2 is 1.52 bits per heavy atom. The molecule has 1 fully saturated rings. The second-order valence-electron chi connectivity index (χ2n) is 6.97. The summed E-state index contributed by atoms with van der Waals surface area (Å²) in [6.07, 6.45) is 6.23. The summed E-state index contributed by atoms with van der Waals surface area (Å²) in [6, 6.07) is 6.31. The maximum absolute atomic E-state index is 5.99. The highest BCUT2D eigenvalue weighted by molar-refractivity contribution is 5.85. The summed E-state index contributed by atoms with van der Waals surface area (Å²) >= 11 is 0. The zero-order chi connectivity index (χ0) is 17.9. The first-order valence-electron chi connectivity index (χ1n) is 10.0. The number of halogens is 2. The fraction of sp³-hybridized carbons (Fsp3) is 0.714. The van der Waals surface area contributed by atoms with Crippen molar-refractivity contribution in [3.05, 3.63) is 23.8 Å². The summed E-state index contributed by atoms with van der Waals surface area (Å²) in [7, 11) is 1.72. The lowest BCUT2D eigenvalue weighted by Crippen LogP contribution is -2.47. The van der Waals surface area contributed by atoms with Crippen LogP contribution in [0.15, 0.2) is 18.2 Å². The highest BCUT2D eigenvalue weighted by Crippen LogP contribution is 2.28. The average Bonchev–Trinajstić information content (AvgIpc) is 2.64. The lowest BCUT2D eigenvalue weighted by atomic mass is 10.1. The van der Waals surface area contributed by atoms with Crippen LogP contribution in [0.1, 0.15) is 45.1 Å². The molecular formula is C21H38Cl2N2O2. The van der Waals surface area contributed by atoms with Crippen LogP contribution in [-0.4, -0.2) is 62.8 Å². The van der Waals surface area contributed by atoms with E-state index in [0.717, 1.165) is 50.6 Å². The number of rotatable bonds is 11. The van der Waals surface area contributed by atoms with Crippen LogP contribution in [0.5, 0.6) is 11.5 Å². The molecular weight excluding hydrogens is 383 g/mol. The smallest absolute Gasteiger partial charge is 0.161 e. The van der Waals surface area contributed by atoms with E-state index in [2.05, 4.69) is 41.8 Å². The number of piperazine rings is 1. The molecule has 1 aliphatic heterocycles. The molecule has 1 heterocycles. The standard InChI is InChI=1S/C21H36N2O2.2ClH/c1-4-6-7-11-22-12-14-23(15-13-22)16-17-25-20-10-9-19(8-5-2)18-21(20)24-3;;/h9-10,18H,4-8,11-17H2,1-3H3;2*1H. The van der Waals surface area contributed by atoms with Gasteiger partial charge in [-0.05, 0) is 37.1 Å². The van der Waals surface area contributed by atoms with Gasteiger partial charge in [0.15, 0.2) is 11.5 Å². The number of hydrogen-bond donors (Lipinski definition) is 0. The van der Waals surface area contributed by atoms with E-state index in [-0.39, 0.29) is 24.8 Å². The Balaban J connectivity index is 0.00000338. The van der Waals surface area contributed by atoms with Gasteiger partial charge in [0.1, 0.15) is 6.61 Å². The van der Waals surface area contributed by atoms with Crippen LogP contribution < -0.4 is 9.47 Å². The molecule has 0 amide bonds. The largest absolute Gasteiger partial charge is 0.493 e. The molecule has 0 spiro atoms. The number of unbranched alkanes of at least 4 members (excludes halogenated alkanes) is 2. The fourth-order valence-electron chi connectivity index (χ4n) is 3.38. The second kappa shape index (κ2) is 15.3. The molecule has 0 radical (unpaired) electrons. The quantitative estimate of drug-likeness (QED) is 0.485. The van der Waals surface area contributed by atoms with E-state index in [1.54, 1.807) is 7.11 Å². The molecule has 158 valence electrons. The minimum atomic E-state index is 0. The van der Waals surface area contributed by atoms with Crippen molar-refractivity contribution in [1.29, 1.82) is 0 Å². The van der Waals surface area contributed by atoms with E-state index >= 15 is 0 Å². The van der Waals surface area contributed by atoms with Crippen LogP contribution in [-0.2, 0) is 6.42 Å². The second-order valence-corrected chi connectivity index (χ2v) is 6.97. The molecule has 0 aromatic heterocycles. The van der Waals surface area contributed by atoms with Crippen LogP contribution >= 0.6 is 24.8 Å². The zero-order valence-electron chi connectivity index (χ0n) is 17.2. The molecule has 0 atom stereocenters. The Hall–Kier alpha value is -0.680. The number of benzene rings is 1. The highest BCUT2D eigenvalue weighted by Gasteiger charge is 2.16. The Labute approximate surface area is 178 Å². The van der Waals surface area contributed by atoms with Crippen molar-refractivity contribution in [3.63, 3.8) is 0 Å². The minimum Gasteiger partial charge on any atom is -0.493 e. The third-order valence-electron chi connectivity index (χ3n) is 4.97. The molecule has 6 heteroatoms. The third kappa shape index (κ3) is 9.38. The van der Waals surface area contributed by atoms with Gasteiger partial charge in [-0.3, -0.25) is 4.90 Å². The monoisotopic (exact) mass is 420 g/mol. The van der Waals surface area contributed by atoms with E-state index in [0.29, 0.717) is 0 Å². The average molecular weight is 421 g/mol. The Bertz CT molecular complexity index is 495. The lowest BCUT2D eigenvalue weighted by molar-refractivity contribution is 0.115. The summed E-state index contributed by atoms with van der Waals surface area (Å²) in [5.74, 6) is 1.72. The van der Waals surface area contributed by atoms with Crippen LogP contribution in [0.2, 0.25) is 0 Å². The van der Waals surface area contributed by atoms with Crippen LogP contribution in [0.3, 0.4) is 0 Å². The van der Waals surface area contributed by atoms with Crippen molar-refractivity contribution < 1.29 is 9.47 Å². The number of methoxy groups -OCH3 is 1. The molecule has 0 bridgehead atoms. The number of hydrogen-bond acceptors (Lipinski definition) is 4. The third-order valence-corrected chi connectivity index (χ3v) is 4.97. The molecule has 2 rings (SSSR count). The molecule has 1 saturated heterocycles. The molecule has 27 heavy (non-hydrogen) atoms. The molecule has 1 aromatic rings. The molecule has 0 N–H and O–H groups in total. The van der Waals surface area contributed by atoms with Crippen molar-refractivity contribution in [2.45, 2.75) is 46.0 Å². The van der Waals surface area contributed by atoms with Gasteiger partial charge in [-0.1, -0.05) is 39.2 Å². The Morgan fingerprint density at radius 1 is 0.852 bits per heavy atom. The Morgan fingerprint density at radius 3 is 2.11 bits per heavy atom. The van der Waals surface area contributed by atoms with Gasteiger partial charge in [0.05, 0.1) is 7.11 Å². The van der Waals surface area contributed by atoms with E-state index in [1.165, 1.54) is 44.5 Å². The van der Waals surface area contributed by atoms with Crippen molar-refractivity contribution in [1.82, 2.24) is 9.80 Å². The van der Waals surface area contributed by atoms with Gasteiger partial charge in [-0.2, -0.15) is 0 Å². The number of ether oxygens (including phenoxy) is 2. The van der Waals surface area contributed by atoms with Gasteiger partial charge in [-0.15, -0.1) is 24.8 Å².